The van der Waals surface area contributed by atoms with Gasteiger partial charge in [-0.15, -0.1) is 0 Å². The summed E-state index contributed by atoms with van der Waals surface area (Å²) in [6.45, 7) is 4.20. The molecule has 4 aromatic carbocycles. The van der Waals surface area contributed by atoms with Gasteiger partial charge in [0.2, 0.25) is 0 Å². The summed E-state index contributed by atoms with van der Waals surface area (Å²) in [6, 6.07) is 25.7. The maximum Gasteiger partial charge on any atom is 0.336 e. The van der Waals surface area contributed by atoms with Crippen molar-refractivity contribution >= 4 is 50.8 Å². The Morgan fingerprint density at radius 1 is 0.976 bits per heavy atom. The van der Waals surface area contributed by atoms with Crippen LogP contribution in [0.2, 0.25) is 0 Å². The van der Waals surface area contributed by atoms with Crippen molar-refractivity contribution < 1.29 is 23.8 Å². The molecule has 0 radical (unpaired) electrons. The molecule has 1 atom stereocenters. The van der Waals surface area contributed by atoms with E-state index < -0.39 is 11.9 Å². The van der Waals surface area contributed by atoms with Gasteiger partial charge in [-0.1, -0.05) is 66.7 Å². The third-order valence-corrected chi connectivity index (χ3v) is 8.38. The van der Waals surface area contributed by atoms with E-state index in [2.05, 4.69) is 52.2 Å². The Labute approximate surface area is 252 Å². The van der Waals surface area contributed by atoms with E-state index in [1.165, 1.54) is 0 Å². The number of fused-ring (bicyclic) bond motifs is 3. The van der Waals surface area contributed by atoms with Crippen LogP contribution in [0.25, 0.3) is 16.5 Å². The Hall–Kier alpha value is -4.11. The lowest BCUT2D eigenvalue weighted by Crippen LogP contribution is -2.29. The molecule has 6 rings (SSSR count). The summed E-state index contributed by atoms with van der Waals surface area (Å²) < 4.78 is 18.5. The monoisotopic (exact) mass is 657 g/mol. The number of esters is 1. The van der Waals surface area contributed by atoms with Gasteiger partial charge in [-0.3, -0.25) is 4.79 Å². The zero-order valence-corrected chi connectivity index (χ0v) is 25.1. The number of methoxy groups -OCH3 is 1. The van der Waals surface area contributed by atoms with E-state index >= 15 is 0 Å². The van der Waals surface area contributed by atoms with Gasteiger partial charge >= 0.3 is 5.97 Å². The number of allylic oxidation sites excluding steroid dienone is 2. The van der Waals surface area contributed by atoms with Crippen LogP contribution in [-0.4, -0.2) is 25.5 Å². The minimum absolute atomic E-state index is 0.104. The van der Waals surface area contributed by atoms with E-state index in [1.54, 1.807) is 14.0 Å². The summed E-state index contributed by atoms with van der Waals surface area (Å²) in [5.41, 5.74) is 5.59. The Morgan fingerprint density at radius 3 is 2.49 bits per heavy atom. The molecule has 7 heteroatoms. The highest BCUT2D eigenvalue weighted by atomic mass is 127. The number of nitrogens with one attached hydrogen (secondary N) is 1. The second-order valence-electron chi connectivity index (χ2n) is 9.94. The van der Waals surface area contributed by atoms with Gasteiger partial charge in [0.25, 0.3) is 0 Å². The number of carbonyl (C=O) groups is 2. The number of ketones is 1. The van der Waals surface area contributed by atoms with Crippen LogP contribution in [0.5, 0.6) is 11.5 Å². The molecule has 2 aliphatic rings. The average Bonchev–Trinajstić information content (AvgIpc) is 3.26. The van der Waals surface area contributed by atoms with Crippen molar-refractivity contribution in [2.45, 2.75) is 26.4 Å². The van der Waals surface area contributed by atoms with Crippen molar-refractivity contribution in [1.82, 2.24) is 5.32 Å². The quantitative estimate of drug-likeness (QED) is 0.168. The van der Waals surface area contributed by atoms with Crippen molar-refractivity contribution in [3.05, 3.63) is 122 Å². The molecule has 0 aromatic heterocycles. The molecule has 1 heterocycles. The highest BCUT2D eigenvalue weighted by molar-refractivity contribution is 14.1. The second kappa shape index (κ2) is 11.0. The summed E-state index contributed by atoms with van der Waals surface area (Å²) in [5, 5.41) is 5.62. The number of halogens is 1. The molecule has 0 saturated carbocycles. The fourth-order valence-electron chi connectivity index (χ4n) is 5.76. The van der Waals surface area contributed by atoms with Crippen molar-refractivity contribution in [2.24, 2.45) is 0 Å². The number of dihydropyridines is 1. The van der Waals surface area contributed by atoms with Crippen molar-refractivity contribution in [3.63, 3.8) is 0 Å². The third kappa shape index (κ3) is 4.68. The van der Waals surface area contributed by atoms with Gasteiger partial charge in [-0.25, -0.2) is 4.79 Å². The predicted molar refractivity (Wildman–Crippen MR) is 167 cm³/mol. The number of benzene rings is 4. The first-order valence-corrected chi connectivity index (χ1v) is 14.5. The van der Waals surface area contributed by atoms with E-state index in [-0.39, 0.29) is 12.4 Å². The summed E-state index contributed by atoms with van der Waals surface area (Å²) in [4.78, 5) is 27.1. The van der Waals surface area contributed by atoms with Gasteiger partial charge in [0.15, 0.2) is 17.3 Å². The van der Waals surface area contributed by atoms with Crippen molar-refractivity contribution in [3.8, 4) is 11.5 Å². The number of hydrogen-bond acceptors (Lipinski definition) is 6. The maximum atomic E-state index is 13.8. The van der Waals surface area contributed by atoms with E-state index in [0.717, 1.165) is 36.7 Å². The Bertz CT molecular complexity index is 1780. The lowest BCUT2D eigenvalue weighted by Gasteiger charge is -2.30. The molecule has 1 N–H and O–H groups in total. The first-order chi connectivity index (χ1) is 19.9. The second-order valence-corrected chi connectivity index (χ2v) is 11.1. The molecule has 0 spiro atoms. The summed E-state index contributed by atoms with van der Waals surface area (Å²) in [7, 11) is 1.59. The van der Waals surface area contributed by atoms with E-state index in [9.17, 15) is 9.59 Å². The van der Waals surface area contributed by atoms with Crippen molar-refractivity contribution in [1.29, 1.82) is 0 Å². The fraction of sp³-hybridized carbons (Fsp3) is 0.176. The fourth-order valence-corrected chi connectivity index (χ4v) is 6.54. The van der Waals surface area contributed by atoms with Crippen LogP contribution >= 0.6 is 22.6 Å². The molecule has 0 unspecified atom stereocenters. The molecule has 1 aliphatic carbocycles. The van der Waals surface area contributed by atoms with Gasteiger partial charge in [0.05, 0.1) is 28.6 Å². The van der Waals surface area contributed by atoms with E-state index in [1.807, 2.05) is 61.5 Å². The molecule has 6 nitrogen and oxygen atoms in total. The Morgan fingerprint density at radius 2 is 1.71 bits per heavy atom. The standard InChI is InChI=1S/C34H28INO5/c1-4-40-34(38)28-19(2)36-31-24-14-7-8-15-25(24)32(37)30(31)29(28)22-16-26(35)33(27(17-22)39-3)41-18-21-12-9-11-20-10-5-6-13-23(20)21/h5-17,29,36H,4,18H2,1-3H3/t29-/m0/s1. The number of carbonyl (C=O) groups excluding carboxylic acids is 2. The lowest BCUT2D eigenvalue weighted by atomic mass is 9.79. The van der Waals surface area contributed by atoms with Crippen molar-refractivity contribution in [2.75, 3.05) is 13.7 Å². The molecule has 0 saturated heterocycles. The topological polar surface area (TPSA) is 73.9 Å². The van der Waals surface area contributed by atoms with Crippen LogP contribution in [0.4, 0.5) is 0 Å². The minimum Gasteiger partial charge on any atom is -0.493 e. The Kier molecular flexibility index (Phi) is 7.30. The summed E-state index contributed by atoms with van der Waals surface area (Å²) in [5.74, 6) is -0.0700. The SMILES string of the molecule is CCOC(=O)C1=C(C)NC2=C(C(=O)c3ccccc32)[C@H]1c1cc(I)c(OCc2cccc3ccccc23)c(OC)c1. The number of Topliss-reactive ketones (excluding diaryl/α,β-unsaturated/α-hetero) is 1. The van der Waals surface area contributed by atoms with Crippen LogP contribution in [0.3, 0.4) is 0 Å². The first-order valence-electron chi connectivity index (χ1n) is 13.4. The molecule has 41 heavy (non-hydrogen) atoms. The lowest BCUT2D eigenvalue weighted by molar-refractivity contribution is -0.138. The molecule has 0 fully saturated rings. The van der Waals surface area contributed by atoms with Gasteiger partial charge in [0, 0.05) is 28.3 Å². The van der Waals surface area contributed by atoms with Gasteiger partial charge in [-0.2, -0.15) is 0 Å². The highest BCUT2D eigenvalue weighted by Crippen LogP contribution is 2.48. The van der Waals surface area contributed by atoms with Crippen LogP contribution in [0, 0.1) is 3.57 Å². The van der Waals surface area contributed by atoms with Crippen LogP contribution in [-0.2, 0) is 16.1 Å². The van der Waals surface area contributed by atoms with Crippen LogP contribution in [0.15, 0.2) is 95.7 Å². The van der Waals surface area contributed by atoms with Crippen LogP contribution < -0.4 is 14.8 Å². The number of hydrogen-bond donors (Lipinski definition) is 1. The van der Waals surface area contributed by atoms with E-state index in [0.29, 0.717) is 40.5 Å². The number of ether oxygens (including phenoxy) is 3. The molecule has 1 aliphatic heterocycles. The average molecular weight is 658 g/mol. The molecular weight excluding hydrogens is 629 g/mol. The zero-order valence-electron chi connectivity index (χ0n) is 22.9. The van der Waals surface area contributed by atoms with Crippen LogP contribution in [0.1, 0.15) is 46.8 Å². The summed E-state index contributed by atoms with van der Waals surface area (Å²) >= 11 is 2.23. The largest absolute Gasteiger partial charge is 0.493 e. The maximum absolute atomic E-state index is 13.8. The molecule has 0 bridgehead atoms. The number of rotatable bonds is 7. The third-order valence-electron chi connectivity index (χ3n) is 7.58. The molecular formula is C34H28INO5. The zero-order chi connectivity index (χ0) is 28.7. The molecule has 4 aromatic rings. The highest BCUT2D eigenvalue weighted by Gasteiger charge is 2.43. The normalized spacial score (nSPS) is 15.9. The predicted octanol–water partition coefficient (Wildman–Crippen LogP) is 7.16. The van der Waals surface area contributed by atoms with E-state index in [4.69, 9.17) is 14.2 Å². The van der Waals surface area contributed by atoms with Gasteiger partial charge in [-0.05, 0) is 70.5 Å². The smallest absolute Gasteiger partial charge is 0.336 e. The first kappa shape index (κ1) is 27.1. The van der Waals surface area contributed by atoms with Gasteiger partial charge in [0.1, 0.15) is 6.61 Å². The minimum atomic E-state index is -0.639. The summed E-state index contributed by atoms with van der Waals surface area (Å²) in [6.07, 6.45) is 0. The molecule has 0 amide bonds. The molecule has 206 valence electrons. The Balaban J connectivity index is 1.43. The van der Waals surface area contributed by atoms with Gasteiger partial charge < -0.3 is 19.5 Å².